The number of aromatic nitrogens is 1. The molecule has 3 rings (SSSR count). The summed E-state index contributed by atoms with van der Waals surface area (Å²) in [7, 11) is 0. The number of benzene rings is 1. The van der Waals surface area contributed by atoms with Gasteiger partial charge in [-0.05, 0) is 38.1 Å². The van der Waals surface area contributed by atoms with Crippen LogP contribution in [-0.4, -0.2) is 16.5 Å². The lowest BCUT2D eigenvalue weighted by Crippen LogP contribution is -2.28. The Morgan fingerprint density at radius 1 is 1.13 bits per heavy atom. The van der Waals surface area contributed by atoms with Gasteiger partial charge in [-0.1, -0.05) is 18.2 Å². The van der Waals surface area contributed by atoms with Crippen LogP contribution >= 0.6 is 0 Å². The summed E-state index contributed by atoms with van der Waals surface area (Å²) in [5, 5.41) is 0.453. The van der Waals surface area contributed by atoms with Gasteiger partial charge in [-0.15, -0.1) is 0 Å². The molecule has 0 bridgehead atoms. The molecule has 0 unspecified atom stereocenters. The standard InChI is InChI=1S/C18H16N2O3/c1-12(2)19-17-9-5-6-10-20(17)18(22)16-11-14(21)13-7-3-4-8-15(13)23-16/h3-12H,1-2H3. The molecule has 0 atom stereocenters. The quantitative estimate of drug-likeness (QED) is 0.731. The van der Waals surface area contributed by atoms with E-state index in [0.29, 0.717) is 16.5 Å². The minimum absolute atomic E-state index is 0.00916. The molecule has 2 heterocycles. The van der Waals surface area contributed by atoms with Crippen molar-refractivity contribution in [3.8, 4) is 0 Å². The first kappa shape index (κ1) is 15.0. The molecule has 0 N–H and O–H groups in total. The predicted octanol–water partition coefficient (Wildman–Crippen LogP) is 2.59. The first-order valence-corrected chi connectivity index (χ1v) is 7.35. The van der Waals surface area contributed by atoms with Crippen molar-refractivity contribution in [2.45, 2.75) is 19.9 Å². The highest BCUT2D eigenvalue weighted by atomic mass is 16.3. The normalized spacial score (nSPS) is 12.0. The fraction of sp³-hybridized carbons (Fsp3) is 0.167. The summed E-state index contributed by atoms with van der Waals surface area (Å²) in [6.07, 6.45) is 1.61. The van der Waals surface area contributed by atoms with E-state index in [4.69, 9.17) is 4.42 Å². The van der Waals surface area contributed by atoms with Gasteiger partial charge >= 0.3 is 0 Å². The lowest BCUT2D eigenvalue weighted by Gasteiger charge is -2.07. The van der Waals surface area contributed by atoms with Crippen molar-refractivity contribution in [1.82, 2.24) is 4.57 Å². The predicted molar refractivity (Wildman–Crippen MR) is 87.3 cm³/mol. The Hall–Kier alpha value is -2.95. The molecule has 0 aliphatic rings. The van der Waals surface area contributed by atoms with Gasteiger partial charge in [0, 0.05) is 18.3 Å². The lowest BCUT2D eigenvalue weighted by molar-refractivity contribution is 0.0927. The Bertz CT molecular complexity index is 997. The molecule has 0 aliphatic heterocycles. The Morgan fingerprint density at radius 3 is 2.65 bits per heavy atom. The largest absolute Gasteiger partial charge is 0.451 e. The van der Waals surface area contributed by atoms with Crippen molar-refractivity contribution in [2.24, 2.45) is 4.99 Å². The van der Waals surface area contributed by atoms with Gasteiger partial charge in [-0.2, -0.15) is 0 Å². The smallest absolute Gasteiger partial charge is 0.299 e. The van der Waals surface area contributed by atoms with Gasteiger partial charge in [-0.25, -0.2) is 0 Å². The lowest BCUT2D eigenvalue weighted by atomic mass is 10.2. The summed E-state index contributed by atoms with van der Waals surface area (Å²) >= 11 is 0. The van der Waals surface area contributed by atoms with E-state index in [0.717, 1.165) is 0 Å². The summed E-state index contributed by atoms with van der Waals surface area (Å²) in [5.41, 5.74) is 0.666. The number of rotatable bonds is 2. The van der Waals surface area contributed by atoms with Gasteiger partial charge in [0.25, 0.3) is 5.91 Å². The highest BCUT2D eigenvalue weighted by molar-refractivity contribution is 5.94. The summed E-state index contributed by atoms with van der Waals surface area (Å²) in [6, 6.07) is 13.4. The van der Waals surface area contributed by atoms with E-state index in [2.05, 4.69) is 4.99 Å². The molecule has 0 fully saturated rings. The fourth-order valence-corrected chi connectivity index (χ4v) is 2.30. The summed E-state index contributed by atoms with van der Waals surface area (Å²) in [6.45, 7) is 3.86. The van der Waals surface area contributed by atoms with Crippen molar-refractivity contribution in [2.75, 3.05) is 0 Å². The number of carbonyl (C=O) groups is 1. The Balaban J connectivity index is 2.17. The number of fused-ring (bicyclic) bond motifs is 1. The molecule has 23 heavy (non-hydrogen) atoms. The molecular formula is C18H16N2O3. The number of pyridine rings is 1. The second kappa shape index (κ2) is 6.04. The first-order chi connectivity index (χ1) is 11.1. The molecule has 1 aromatic carbocycles. The average Bonchev–Trinajstić information content (AvgIpc) is 2.54. The second-order valence-electron chi connectivity index (χ2n) is 5.43. The van der Waals surface area contributed by atoms with E-state index < -0.39 is 5.91 Å². The zero-order valence-corrected chi connectivity index (χ0v) is 12.9. The van der Waals surface area contributed by atoms with Crippen LogP contribution in [0.1, 0.15) is 24.4 Å². The van der Waals surface area contributed by atoms with Crippen LogP contribution in [0.15, 0.2) is 68.9 Å². The molecule has 0 radical (unpaired) electrons. The summed E-state index contributed by atoms with van der Waals surface area (Å²) in [5.74, 6) is -0.432. The maximum absolute atomic E-state index is 12.7. The molecule has 0 spiro atoms. The molecule has 2 aromatic heterocycles. The van der Waals surface area contributed by atoms with Crippen molar-refractivity contribution >= 4 is 16.9 Å². The number of hydrogen-bond acceptors (Lipinski definition) is 4. The number of nitrogens with zero attached hydrogens (tertiary/aromatic N) is 2. The van der Waals surface area contributed by atoms with Crippen molar-refractivity contribution in [1.29, 1.82) is 0 Å². The van der Waals surface area contributed by atoms with Crippen LogP contribution in [0.25, 0.3) is 11.0 Å². The molecule has 5 nitrogen and oxygen atoms in total. The van der Waals surface area contributed by atoms with E-state index in [1.165, 1.54) is 10.6 Å². The van der Waals surface area contributed by atoms with E-state index in [1.807, 2.05) is 19.9 Å². The zero-order valence-electron chi connectivity index (χ0n) is 12.9. The fourth-order valence-electron chi connectivity index (χ4n) is 2.30. The van der Waals surface area contributed by atoms with Crippen LogP contribution in [-0.2, 0) is 0 Å². The van der Waals surface area contributed by atoms with Gasteiger partial charge in [0.1, 0.15) is 11.1 Å². The number of carbonyl (C=O) groups excluding carboxylic acids is 1. The minimum atomic E-state index is -0.423. The van der Waals surface area contributed by atoms with Gasteiger partial charge < -0.3 is 4.42 Å². The van der Waals surface area contributed by atoms with Crippen molar-refractivity contribution in [3.63, 3.8) is 0 Å². The van der Waals surface area contributed by atoms with Crippen LogP contribution in [0.3, 0.4) is 0 Å². The van der Waals surface area contributed by atoms with Gasteiger partial charge in [0.05, 0.1) is 5.39 Å². The van der Waals surface area contributed by atoms with E-state index >= 15 is 0 Å². The maximum atomic E-state index is 12.7. The molecule has 5 heteroatoms. The van der Waals surface area contributed by atoms with Gasteiger partial charge in [-0.3, -0.25) is 19.1 Å². The van der Waals surface area contributed by atoms with Crippen LogP contribution < -0.4 is 10.9 Å². The zero-order chi connectivity index (χ0) is 16.4. The molecule has 3 aromatic rings. The second-order valence-corrected chi connectivity index (χ2v) is 5.43. The Morgan fingerprint density at radius 2 is 1.87 bits per heavy atom. The van der Waals surface area contributed by atoms with Crippen LogP contribution in [0, 0.1) is 0 Å². The molecule has 0 amide bonds. The highest BCUT2D eigenvalue weighted by Gasteiger charge is 2.14. The van der Waals surface area contributed by atoms with E-state index in [9.17, 15) is 9.59 Å². The third-order valence-corrected chi connectivity index (χ3v) is 3.29. The van der Waals surface area contributed by atoms with Crippen LogP contribution in [0.2, 0.25) is 0 Å². The molecule has 0 saturated carbocycles. The monoisotopic (exact) mass is 308 g/mol. The Kier molecular flexibility index (Phi) is 3.93. The SMILES string of the molecule is CC(C)N=c1ccccn1C(=O)c1cc(=O)c2ccccc2o1. The molecule has 0 saturated heterocycles. The first-order valence-electron chi connectivity index (χ1n) is 7.35. The van der Waals surface area contributed by atoms with Gasteiger partial charge in [0.2, 0.25) is 0 Å². The minimum Gasteiger partial charge on any atom is -0.451 e. The van der Waals surface area contributed by atoms with E-state index in [-0.39, 0.29) is 17.2 Å². The van der Waals surface area contributed by atoms with Crippen LogP contribution in [0.5, 0.6) is 0 Å². The third-order valence-electron chi connectivity index (χ3n) is 3.29. The van der Waals surface area contributed by atoms with E-state index in [1.54, 1.807) is 42.6 Å². The summed E-state index contributed by atoms with van der Waals surface area (Å²) in [4.78, 5) is 29.3. The summed E-state index contributed by atoms with van der Waals surface area (Å²) < 4.78 is 6.99. The molecular weight excluding hydrogens is 292 g/mol. The van der Waals surface area contributed by atoms with Crippen LogP contribution in [0.4, 0.5) is 0 Å². The third kappa shape index (κ3) is 2.99. The highest BCUT2D eigenvalue weighted by Crippen LogP contribution is 2.12. The number of hydrogen-bond donors (Lipinski definition) is 0. The van der Waals surface area contributed by atoms with Gasteiger partial charge in [0.15, 0.2) is 11.2 Å². The molecule has 0 aliphatic carbocycles. The Labute approximate surface area is 132 Å². The van der Waals surface area contributed by atoms with Crippen molar-refractivity contribution in [3.05, 3.63) is 76.2 Å². The maximum Gasteiger partial charge on any atom is 0.299 e. The number of para-hydroxylation sites is 1. The average molecular weight is 308 g/mol. The molecule has 116 valence electrons. The topological polar surface area (TPSA) is 64.6 Å². The van der Waals surface area contributed by atoms with Crippen molar-refractivity contribution < 1.29 is 9.21 Å².